The first-order valence-electron chi connectivity index (χ1n) is 12.9. The van der Waals surface area contributed by atoms with Crippen LogP contribution in [0.4, 0.5) is 10.3 Å². The minimum Gasteiger partial charge on any atom is -0.414 e. The van der Waals surface area contributed by atoms with Crippen molar-refractivity contribution in [3.8, 4) is 11.3 Å². The van der Waals surface area contributed by atoms with Crippen LogP contribution in [0, 0.1) is 5.82 Å². The van der Waals surface area contributed by atoms with E-state index in [1.807, 2.05) is 6.07 Å². The Balaban J connectivity index is 1.63. The minimum atomic E-state index is -2.13. The number of nitrogens with one attached hydrogen (secondary N) is 1. The number of aromatic nitrogens is 3. The van der Waals surface area contributed by atoms with Gasteiger partial charge in [-0.3, -0.25) is 4.79 Å². The van der Waals surface area contributed by atoms with Crippen LogP contribution in [0.15, 0.2) is 53.6 Å². The second kappa shape index (κ2) is 11.7. The number of benzene rings is 1. The average molecular weight is 559 g/mol. The van der Waals surface area contributed by atoms with Crippen molar-refractivity contribution in [2.24, 2.45) is 0 Å². The molecule has 0 radical (unpaired) electrons. The number of ether oxygens (including phenoxy) is 1. The van der Waals surface area contributed by atoms with E-state index in [4.69, 9.17) is 20.8 Å². The van der Waals surface area contributed by atoms with E-state index in [1.165, 1.54) is 12.1 Å². The van der Waals surface area contributed by atoms with Crippen molar-refractivity contribution >= 4 is 25.9 Å². The molecule has 3 heterocycles. The summed E-state index contributed by atoms with van der Waals surface area (Å²) in [6.07, 6.45) is 5.19. The molecule has 0 bridgehead atoms. The number of rotatable bonds is 8. The molecule has 1 N–H and O–H groups in total. The van der Waals surface area contributed by atoms with Crippen LogP contribution in [0.3, 0.4) is 0 Å². The summed E-state index contributed by atoms with van der Waals surface area (Å²) in [5.41, 5.74) is 1.70. The first-order chi connectivity index (χ1) is 17.9. The summed E-state index contributed by atoms with van der Waals surface area (Å²) in [5, 5.41) is 3.39. The van der Waals surface area contributed by atoms with Crippen molar-refractivity contribution < 1.29 is 13.6 Å². The Morgan fingerprint density at radius 2 is 1.95 bits per heavy atom. The molecule has 1 aromatic carbocycles. The van der Waals surface area contributed by atoms with E-state index in [-0.39, 0.29) is 28.3 Å². The molecule has 0 aliphatic carbocycles. The molecule has 10 heteroatoms. The van der Waals surface area contributed by atoms with E-state index in [2.05, 4.69) is 49.1 Å². The molecule has 4 rings (SSSR count). The molecule has 1 unspecified atom stereocenters. The Kier molecular flexibility index (Phi) is 8.71. The van der Waals surface area contributed by atoms with E-state index in [0.717, 1.165) is 12.8 Å². The third-order valence-electron chi connectivity index (χ3n) is 7.53. The van der Waals surface area contributed by atoms with Gasteiger partial charge in [0, 0.05) is 43.3 Å². The summed E-state index contributed by atoms with van der Waals surface area (Å²) < 4.78 is 27.9. The summed E-state index contributed by atoms with van der Waals surface area (Å²) in [7, 11) is -2.13. The van der Waals surface area contributed by atoms with Gasteiger partial charge in [-0.25, -0.2) is 14.4 Å². The molecule has 1 atom stereocenters. The van der Waals surface area contributed by atoms with Gasteiger partial charge in [-0.2, -0.15) is 0 Å². The number of hydrogen-bond donors (Lipinski definition) is 1. The van der Waals surface area contributed by atoms with Crippen LogP contribution in [-0.2, 0) is 9.16 Å². The lowest BCUT2D eigenvalue weighted by Crippen LogP contribution is -2.43. The summed E-state index contributed by atoms with van der Waals surface area (Å²) in [5.74, 6) is -0.00688. The molecule has 0 amide bonds. The van der Waals surface area contributed by atoms with Gasteiger partial charge in [0.1, 0.15) is 5.82 Å². The molecule has 204 valence electrons. The lowest BCUT2D eigenvalue weighted by atomic mass is 10.1. The van der Waals surface area contributed by atoms with Crippen molar-refractivity contribution in [3.05, 3.63) is 75.5 Å². The largest absolute Gasteiger partial charge is 0.414 e. The fraction of sp³-hybridized carbons (Fsp3) is 0.464. The monoisotopic (exact) mass is 558 g/mol. The fourth-order valence-corrected chi connectivity index (χ4v) is 5.21. The quantitative estimate of drug-likeness (QED) is 0.327. The molecular formula is C28H36ClFN4O3Si. The number of anilines is 1. The molecule has 0 spiro atoms. The highest BCUT2D eigenvalue weighted by molar-refractivity contribution is 6.74. The molecule has 38 heavy (non-hydrogen) atoms. The lowest BCUT2D eigenvalue weighted by Gasteiger charge is -2.37. The Morgan fingerprint density at radius 3 is 2.61 bits per heavy atom. The van der Waals surface area contributed by atoms with Crippen LogP contribution in [0.5, 0.6) is 0 Å². The summed E-state index contributed by atoms with van der Waals surface area (Å²) >= 11 is 5.94. The van der Waals surface area contributed by atoms with E-state index in [0.29, 0.717) is 36.0 Å². The summed E-state index contributed by atoms with van der Waals surface area (Å²) in [6, 6.07) is 9.53. The van der Waals surface area contributed by atoms with Gasteiger partial charge in [-0.05, 0) is 60.8 Å². The standard InChI is InChI=1S/C28H36ClFN4O3Si/c1-28(2,3)38(4,5)37-18-25(20-6-7-22(29)23(30)16-20)34-13-9-19(17-26(34)35)24-8-12-31-27(33-24)32-21-10-14-36-15-11-21/h6-9,12-13,16-17,21,25H,10-11,14-15,18H2,1-5H3,(H,31,32,33). The van der Waals surface area contributed by atoms with Crippen LogP contribution in [0.1, 0.15) is 45.2 Å². The topological polar surface area (TPSA) is 78.3 Å². The number of nitrogens with zero attached hydrogens (tertiary/aromatic N) is 3. The number of hydrogen-bond acceptors (Lipinski definition) is 6. The second-order valence-corrected chi connectivity index (χ2v) is 16.4. The molecular weight excluding hydrogens is 523 g/mol. The van der Waals surface area contributed by atoms with Crippen LogP contribution >= 0.6 is 11.6 Å². The second-order valence-electron chi connectivity index (χ2n) is 11.2. The molecule has 2 aromatic heterocycles. The molecule has 1 saturated heterocycles. The van der Waals surface area contributed by atoms with Crippen molar-refractivity contribution in [2.75, 3.05) is 25.1 Å². The van der Waals surface area contributed by atoms with Crippen molar-refractivity contribution in [2.45, 2.75) is 63.8 Å². The molecule has 7 nitrogen and oxygen atoms in total. The van der Waals surface area contributed by atoms with Crippen LogP contribution in [-0.4, -0.2) is 48.7 Å². The van der Waals surface area contributed by atoms with Gasteiger partial charge in [0.15, 0.2) is 8.32 Å². The van der Waals surface area contributed by atoms with E-state index in [1.54, 1.807) is 35.2 Å². The molecule has 1 fully saturated rings. The lowest BCUT2D eigenvalue weighted by molar-refractivity contribution is 0.0903. The third-order valence-corrected chi connectivity index (χ3v) is 12.3. The van der Waals surface area contributed by atoms with Gasteiger partial charge in [-0.1, -0.05) is 38.4 Å². The van der Waals surface area contributed by atoms with Gasteiger partial charge < -0.3 is 19.0 Å². The zero-order valence-electron chi connectivity index (χ0n) is 22.6. The first kappa shape index (κ1) is 28.4. The normalized spacial score (nSPS) is 15.9. The van der Waals surface area contributed by atoms with Crippen LogP contribution in [0.25, 0.3) is 11.3 Å². The van der Waals surface area contributed by atoms with Crippen LogP contribution < -0.4 is 10.9 Å². The van der Waals surface area contributed by atoms with E-state index < -0.39 is 20.2 Å². The number of halogens is 2. The first-order valence-corrected chi connectivity index (χ1v) is 16.2. The fourth-order valence-electron chi connectivity index (χ4n) is 4.08. The van der Waals surface area contributed by atoms with E-state index >= 15 is 0 Å². The highest BCUT2D eigenvalue weighted by Crippen LogP contribution is 2.37. The number of pyridine rings is 1. The summed E-state index contributed by atoms with van der Waals surface area (Å²) in [4.78, 5) is 22.4. The van der Waals surface area contributed by atoms with Crippen LogP contribution in [0.2, 0.25) is 23.2 Å². The smallest absolute Gasteiger partial charge is 0.251 e. The SMILES string of the molecule is CC(C)(C)[Si](C)(C)OCC(c1ccc(Cl)c(F)c1)n1ccc(-c2ccnc(NC3CCOCC3)n2)cc1=O. The maximum Gasteiger partial charge on any atom is 0.251 e. The zero-order valence-corrected chi connectivity index (χ0v) is 24.4. The van der Waals surface area contributed by atoms with Crippen molar-refractivity contribution in [1.82, 2.24) is 14.5 Å². The Morgan fingerprint density at radius 1 is 1.21 bits per heavy atom. The average Bonchev–Trinajstić information content (AvgIpc) is 2.87. The highest BCUT2D eigenvalue weighted by Gasteiger charge is 2.38. The Labute approximate surface area is 229 Å². The summed E-state index contributed by atoms with van der Waals surface area (Å²) in [6.45, 7) is 12.4. The Bertz CT molecular complexity index is 1320. The predicted octanol–water partition coefficient (Wildman–Crippen LogP) is 6.30. The maximum absolute atomic E-state index is 14.4. The van der Waals surface area contributed by atoms with Gasteiger partial charge in [0.2, 0.25) is 5.95 Å². The van der Waals surface area contributed by atoms with E-state index in [9.17, 15) is 9.18 Å². The van der Waals surface area contributed by atoms with Gasteiger partial charge in [-0.15, -0.1) is 0 Å². The maximum atomic E-state index is 14.4. The Hall–Kier alpha value is -2.59. The molecule has 0 saturated carbocycles. The predicted molar refractivity (Wildman–Crippen MR) is 152 cm³/mol. The molecule has 3 aromatic rings. The van der Waals surface area contributed by atoms with Gasteiger partial charge >= 0.3 is 0 Å². The zero-order chi connectivity index (χ0) is 27.5. The molecule has 1 aliphatic rings. The molecule has 1 aliphatic heterocycles. The van der Waals surface area contributed by atoms with Gasteiger partial charge in [0.25, 0.3) is 5.56 Å². The van der Waals surface area contributed by atoms with Crippen molar-refractivity contribution in [3.63, 3.8) is 0 Å². The van der Waals surface area contributed by atoms with Gasteiger partial charge in [0.05, 0.1) is 23.4 Å². The highest BCUT2D eigenvalue weighted by atomic mass is 35.5. The third kappa shape index (κ3) is 6.69. The minimum absolute atomic E-state index is 0.0129. The van der Waals surface area contributed by atoms with Crippen molar-refractivity contribution in [1.29, 1.82) is 0 Å².